The lowest BCUT2D eigenvalue weighted by Crippen LogP contribution is -2.33. The fraction of sp³-hybridized carbons (Fsp3) is 0.533. The summed E-state index contributed by atoms with van der Waals surface area (Å²) in [5.74, 6) is 1.02. The van der Waals surface area contributed by atoms with Gasteiger partial charge in [-0.05, 0) is 49.3 Å². The van der Waals surface area contributed by atoms with Crippen LogP contribution < -0.4 is 5.32 Å². The van der Waals surface area contributed by atoms with Crippen molar-refractivity contribution < 1.29 is 4.79 Å². The number of nitrogens with zero attached hydrogens (tertiary/aromatic N) is 1. The van der Waals surface area contributed by atoms with Crippen molar-refractivity contribution in [2.24, 2.45) is 5.92 Å². The van der Waals surface area contributed by atoms with Gasteiger partial charge in [0.2, 0.25) is 5.91 Å². The zero-order chi connectivity index (χ0) is 13.0. The number of halogens is 1. The number of amides is 1. The summed E-state index contributed by atoms with van der Waals surface area (Å²) in [5, 5.41) is 4.28. The van der Waals surface area contributed by atoms with Gasteiger partial charge in [0.15, 0.2) is 0 Å². The predicted molar refractivity (Wildman–Crippen MR) is 73.7 cm³/mol. The van der Waals surface area contributed by atoms with Crippen LogP contribution in [0.4, 0.5) is 0 Å². The molecule has 19 heavy (non-hydrogen) atoms. The minimum absolute atomic E-state index is 0.0351. The molecule has 4 rings (SSSR count). The quantitative estimate of drug-likeness (QED) is 0.921. The maximum absolute atomic E-state index is 12.5. The third-order valence-corrected chi connectivity index (χ3v) is 4.73. The van der Waals surface area contributed by atoms with E-state index in [2.05, 4.69) is 5.32 Å². The van der Waals surface area contributed by atoms with Crippen molar-refractivity contribution in [3.05, 3.63) is 34.9 Å². The highest BCUT2D eigenvalue weighted by molar-refractivity contribution is 6.30. The predicted octanol–water partition coefficient (Wildman–Crippen LogP) is 2.71. The van der Waals surface area contributed by atoms with Gasteiger partial charge in [-0.15, -0.1) is 0 Å². The van der Waals surface area contributed by atoms with Crippen molar-refractivity contribution in [1.82, 2.24) is 10.2 Å². The van der Waals surface area contributed by atoms with Crippen molar-refractivity contribution >= 4 is 17.5 Å². The standard InChI is InChI=1S/C15H17ClN2O/c16-12-5-3-11(4-6-12)13-17-15(7-8-15)14(19)18(13)9-10-1-2-10/h3-6,10,13,17H,1-2,7-9H2. The molecule has 1 N–H and O–H groups in total. The number of hydrogen-bond donors (Lipinski definition) is 1. The molecule has 0 aromatic heterocycles. The van der Waals surface area contributed by atoms with E-state index in [4.69, 9.17) is 11.6 Å². The van der Waals surface area contributed by atoms with Crippen LogP contribution in [-0.2, 0) is 4.79 Å². The van der Waals surface area contributed by atoms with Crippen molar-refractivity contribution in [1.29, 1.82) is 0 Å². The second kappa shape index (κ2) is 3.97. The fourth-order valence-electron chi connectivity index (χ4n) is 2.95. The van der Waals surface area contributed by atoms with E-state index < -0.39 is 0 Å². The normalized spacial score (nSPS) is 28.2. The highest BCUT2D eigenvalue weighted by Crippen LogP contribution is 2.47. The maximum atomic E-state index is 12.5. The van der Waals surface area contributed by atoms with Gasteiger partial charge in [-0.1, -0.05) is 23.7 Å². The second-order valence-corrected chi connectivity index (χ2v) is 6.52. The Morgan fingerprint density at radius 1 is 1.26 bits per heavy atom. The Kier molecular flexibility index (Phi) is 2.45. The molecule has 1 aromatic rings. The van der Waals surface area contributed by atoms with Crippen molar-refractivity contribution in [2.75, 3.05) is 6.54 Å². The zero-order valence-corrected chi connectivity index (χ0v) is 11.5. The highest BCUT2D eigenvalue weighted by Gasteiger charge is 2.59. The van der Waals surface area contributed by atoms with Crippen LogP contribution in [0.5, 0.6) is 0 Å². The lowest BCUT2D eigenvalue weighted by atomic mass is 10.1. The summed E-state index contributed by atoms with van der Waals surface area (Å²) in [6.45, 7) is 0.904. The van der Waals surface area contributed by atoms with Crippen LogP contribution in [0, 0.1) is 5.92 Å². The third kappa shape index (κ3) is 1.96. The summed E-state index contributed by atoms with van der Waals surface area (Å²) in [7, 11) is 0. The molecular weight excluding hydrogens is 260 g/mol. The first-order valence-electron chi connectivity index (χ1n) is 7.02. The average molecular weight is 277 g/mol. The first kappa shape index (κ1) is 11.7. The van der Waals surface area contributed by atoms with Gasteiger partial charge in [0.1, 0.15) is 11.7 Å². The van der Waals surface area contributed by atoms with E-state index in [0.29, 0.717) is 5.91 Å². The number of hydrogen-bond acceptors (Lipinski definition) is 2. The number of benzene rings is 1. The molecule has 2 saturated carbocycles. The summed E-state index contributed by atoms with van der Waals surface area (Å²) in [4.78, 5) is 14.6. The first-order chi connectivity index (χ1) is 9.18. The summed E-state index contributed by atoms with van der Waals surface area (Å²) in [6.07, 6.45) is 4.54. The van der Waals surface area contributed by atoms with Crippen LogP contribution >= 0.6 is 11.6 Å². The lowest BCUT2D eigenvalue weighted by Gasteiger charge is -2.24. The number of rotatable bonds is 3. The largest absolute Gasteiger partial charge is 0.321 e. The molecule has 1 saturated heterocycles. The van der Waals surface area contributed by atoms with E-state index in [0.717, 1.165) is 35.9 Å². The molecule has 1 amide bonds. The molecule has 4 heteroatoms. The van der Waals surface area contributed by atoms with Crippen molar-refractivity contribution in [3.63, 3.8) is 0 Å². The monoisotopic (exact) mass is 276 g/mol. The summed E-state index contributed by atoms with van der Waals surface area (Å²) >= 11 is 5.95. The minimum atomic E-state index is -0.237. The van der Waals surface area contributed by atoms with Crippen LogP contribution in [0.15, 0.2) is 24.3 Å². The molecule has 1 unspecified atom stereocenters. The molecule has 3 aliphatic rings. The van der Waals surface area contributed by atoms with Gasteiger partial charge in [0.05, 0.1) is 0 Å². The molecular formula is C15H17ClN2O. The minimum Gasteiger partial charge on any atom is -0.321 e. The molecule has 1 aliphatic heterocycles. The second-order valence-electron chi connectivity index (χ2n) is 6.08. The Morgan fingerprint density at radius 3 is 2.53 bits per heavy atom. The smallest absolute Gasteiger partial charge is 0.244 e. The van der Waals surface area contributed by atoms with Gasteiger partial charge in [-0.3, -0.25) is 10.1 Å². The van der Waals surface area contributed by atoms with E-state index in [9.17, 15) is 4.79 Å². The lowest BCUT2D eigenvalue weighted by molar-refractivity contribution is -0.131. The molecule has 0 radical (unpaired) electrons. The number of carbonyl (C=O) groups is 1. The Balaban J connectivity index is 1.64. The van der Waals surface area contributed by atoms with Crippen LogP contribution in [0.2, 0.25) is 5.02 Å². The van der Waals surface area contributed by atoms with Crippen LogP contribution in [-0.4, -0.2) is 22.9 Å². The Morgan fingerprint density at radius 2 is 1.95 bits per heavy atom. The first-order valence-corrected chi connectivity index (χ1v) is 7.40. The summed E-state index contributed by atoms with van der Waals surface area (Å²) in [5.41, 5.74) is 0.904. The highest BCUT2D eigenvalue weighted by atomic mass is 35.5. The molecule has 2 aliphatic carbocycles. The molecule has 0 bridgehead atoms. The molecule has 3 fully saturated rings. The zero-order valence-electron chi connectivity index (χ0n) is 10.7. The maximum Gasteiger partial charge on any atom is 0.244 e. The SMILES string of the molecule is O=C1N(CC2CC2)C(c2ccc(Cl)cc2)NC12CC2. The molecule has 3 nitrogen and oxygen atoms in total. The Labute approximate surface area is 117 Å². The number of nitrogens with one attached hydrogen (secondary N) is 1. The molecule has 1 spiro atoms. The summed E-state index contributed by atoms with van der Waals surface area (Å²) in [6, 6.07) is 7.84. The Hall–Kier alpha value is -1.06. The van der Waals surface area contributed by atoms with Crippen LogP contribution in [0.3, 0.4) is 0 Å². The van der Waals surface area contributed by atoms with Gasteiger partial charge in [-0.2, -0.15) is 0 Å². The van der Waals surface area contributed by atoms with E-state index >= 15 is 0 Å². The third-order valence-electron chi connectivity index (χ3n) is 4.48. The van der Waals surface area contributed by atoms with E-state index in [1.54, 1.807) is 0 Å². The molecule has 1 atom stereocenters. The van der Waals surface area contributed by atoms with Gasteiger partial charge in [-0.25, -0.2) is 0 Å². The van der Waals surface area contributed by atoms with Crippen molar-refractivity contribution in [3.8, 4) is 0 Å². The molecule has 1 aromatic carbocycles. The van der Waals surface area contributed by atoms with Gasteiger partial charge in [0.25, 0.3) is 0 Å². The topological polar surface area (TPSA) is 32.3 Å². The van der Waals surface area contributed by atoms with Crippen LogP contribution in [0.25, 0.3) is 0 Å². The van der Waals surface area contributed by atoms with Crippen LogP contribution in [0.1, 0.15) is 37.4 Å². The average Bonchev–Trinajstić information content (AvgIpc) is 3.29. The molecule has 1 heterocycles. The van der Waals surface area contributed by atoms with E-state index in [1.807, 2.05) is 29.2 Å². The fourth-order valence-corrected chi connectivity index (χ4v) is 3.08. The number of carbonyl (C=O) groups excluding carboxylic acids is 1. The van der Waals surface area contributed by atoms with E-state index in [-0.39, 0.29) is 11.7 Å². The van der Waals surface area contributed by atoms with Crippen molar-refractivity contribution in [2.45, 2.75) is 37.4 Å². The molecule has 100 valence electrons. The van der Waals surface area contributed by atoms with Gasteiger partial charge in [0, 0.05) is 11.6 Å². The van der Waals surface area contributed by atoms with Gasteiger partial charge < -0.3 is 4.90 Å². The van der Waals surface area contributed by atoms with Gasteiger partial charge >= 0.3 is 0 Å². The Bertz CT molecular complexity index is 519. The summed E-state index contributed by atoms with van der Waals surface area (Å²) < 4.78 is 0. The van der Waals surface area contributed by atoms with E-state index in [1.165, 1.54) is 12.8 Å².